The number of carbonyl (C=O) groups is 2. The van der Waals surface area contributed by atoms with Gasteiger partial charge >= 0.3 is 0 Å². The van der Waals surface area contributed by atoms with Crippen molar-refractivity contribution in [2.24, 2.45) is 35.0 Å². The van der Waals surface area contributed by atoms with Crippen LogP contribution in [-0.4, -0.2) is 22.6 Å². The lowest BCUT2D eigenvalue weighted by Crippen LogP contribution is -2.52. The Labute approximate surface area is 185 Å². The highest BCUT2D eigenvalue weighted by Crippen LogP contribution is 2.63. The van der Waals surface area contributed by atoms with Gasteiger partial charge in [-0.3, -0.25) is 9.59 Å². The number of amides is 1. The molecule has 7 atom stereocenters. The topological polar surface area (TPSA) is 59.1 Å². The lowest BCUT2D eigenvalue weighted by molar-refractivity contribution is -0.121. The minimum absolute atomic E-state index is 0.125. The smallest absolute Gasteiger partial charge is 0.207 e. The molecule has 1 aromatic heterocycles. The molecule has 1 aromatic rings. The molecule has 0 saturated heterocycles. The average Bonchev–Trinajstić information content (AvgIpc) is 3.11. The van der Waals surface area contributed by atoms with Crippen molar-refractivity contribution in [3.63, 3.8) is 0 Å². The second-order valence-electron chi connectivity index (χ2n) is 9.97. The first-order valence-corrected chi connectivity index (χ1v) is 12.7. The molecule has 3 fully saturated rings. The summed E-state index contributed by atoms with van der Waals surface area (Å²) < 4.78 is 0. The van der Waals surface area contributed by atoms with Crippen molar-refractivity contribution in [3.8, 4) is 0 Å². The highest BCUT2D eigenvalue weighted by atomic mass is 32.2. The van der Waals surface area contributed by atoms with Gasteiger partial charge in [0.15, 0.2) is 5.12 Å². The molecular weight excluding hydrogens is 392 g/mol. The first-order chi connectivity index (χ1) is 14.6. The van der Waals surface area contributed by atoms with Gasteiger partial charge in [0.25, 0.3) is 0 Å². The molecule has 0 aromatic carbocycles. The van der Waals surface area contributed by atoms with Crippen molar-refractivity contribution in [2.45, 2.75) is 82.7 Å². The highest BCUT2D eigenvalue weighted by molar-refractivity contribution is 8.13. The third-order valence-corrected chi connectivity index (χ3v) is 9.61. The number of hydrogen-bond donors (Lipinski definition) is 1. The van der Waals surface area contributed by atoms with Gasteiger partial charge in [-0.2, -0.15) is 0 Å². The van der Waals surface area contributed by atoms with Crippen LogP contribution in [0.3, 0.4) is 0 Å². The summed E-state index contributed by atoms with van der Waals surface area (Å²) in [5.41, 5.74) is 0.125. The Morgan fingerprint density at radius 3 is 2.83 bits per heavy atom. The van der Waals surface area contributed by atoms with Crippen LogP contribution >= 0.6 is 11.8 Å². The molecule has 7 unspecified atom stereocenters. The van der Waals surface area contributed by atoms with Crippen molar-refractivity contribution >= 4 is 23.3 Å². The second-order valence-corrected chi connectivity index (χ2v) is 11.0. The van der Waals surface area contributed by atoms with Crippen molar-refractivity contribution in [1.29, 1.82) is 0 Å². The van der Waals surface area contributed by atoms with E-state index >= 15 is 0 Å². The number of nitrogens with zero attached hydrogens (tertiary/aromatic N) is 1. The molecule has 3 aliphatic carbocycles. The molecule has 4 rings (SSSR count). The van der Waals surface area contributed by atoms with Crippen molar-refractivity contribution in [1.82, 2.24) is 10.3 Å². The van der Waals surface area contributed by atoms with Crippen molar-refractivity contribution in [2.75, 3.05) is 0 Å². The van der Waals surface area contributed by atoms with Crippen LogP contribution in [0.1, 0.15) is 71.6 Å². The Kier molecular flexibility index (Phi) is 6.86. The minimum Gasteiger partial charge on any atom is -0.356 e. The molecular formula is C25H36N2O2S. The number of unbranched alkanes of at least 4 members (excludes halogenated alkanes) is 1. The van der Waals surface area contributed by atoms with E-state index in [2.05, 4.69) is 24.1 Å². The molecule has 5 heteroatoms. The SMILES string of the molecule is CCCCC1C(NC=O)CCC2C1CCC1(C)C(C(=O)Sc3ccccn3)CCC21. The van der Waals surface area contributed by atoms with E-state index in [1.807, 2.05) is 18.2 Å². The summed E-state index contributed by atoms with van der Waals surface area (Å²) in [4.78, 5) is 28.8. The van der Waals surface area contributed by atoms with Crippen molar-refractivity contribution in [3.05, 3.63) is 24.4 Å². The van der Waals surface area contributed by atoms with Gasteiger partial charge in [-0.1, -0.05) is 32.8 Å². The fourth-order valence-corrected chi connectivity index (χ4v) is 8.26. The summed E-state index contributed by atoms with van der Waals surface area (Å²) in [6.07, 6.45) is 13.2. The van der Waals surface area contributed by atoms with Gasteiger partial charge in [0.2, 0.25) is 6.41 Å². The Morgan fingerprint density at radius 1 is 1.23 bits per heavy atom. The predicted molar refractivity (Wildman–Crippen MR) is 121 cm³/mol. The summed E-state index contributed by atoms with van der Waals surface area (Å²) in [5, 5.41) is 4.29. The summed E-state index contributed by atoms with van der Waals surface area (Å²) in [5.74, 6) is 2.83. The highest BCUT2D eigenvalue weighted by Gasteiger charge is 2.58. The fourth-order valence-electron chi connectivity index (χ4n) is 7.27. The van der Waals surface area contributed by atoms with Crippen molar-refractivity contribution < 1.29 is 9.59 Å². The maximum atomic E-state index is 13.3. The number of thioether (sulfide) groups is 1. The number of nitrogens with one attached hydrogen (secondary N) is 1. The molecule has 0 aliphatic heterocycles. The molecule has 3 saturated carbocycles. The average molecular weight is 429 g/mol. The molecule has 1 N–H and O–H groups in total. The van der Waals surface area contributed by atoms with Gasteiger partial charge in [0.05, 0.1) is 0 Å². The lowest BCUT2D eigenvalue weighted by atomic mass is 9.52. The molecule has 4 nitrogen and oxygen atoms in total. The lowest BCUT2D eigenvalue weighted by Gasteiger charge is -2.54. The summed E-state index contributed by atoms with van der Waals surface area (Å²) in [6.45, 7) is 4.66. The molecule has 3 aliphatic rings. The maximum Gasteiger partial charge on any atom is 0.207 e. The molecule has 0 bridgehead atoms. The monoisotopic (exact) mass is 428 g/mol. The van der Waals surface area contributed by atoms with Crippen LogP contribution in [0.4, 0.5) is 0 Å². The number of fused-ring (bicyclic) bond motifs is 3. The Morgan fingerprint density at radius 2 is 2.10 bits per heavy atom. The number of pyridine rings is 1. The quantitative estimate of drug-likeness (QED) is 0.462. The largest absolute Gasteiger partial charge is 0.356 e. The second kappa shape index (κ2) is 9.42. The van der Waals surface area contributed by atoms with E-state index < -0.39 is 0 Å². The summed E-state index contributed by atoms with van der Waals surface area (Å²) in [6, 6.07) is 6.13. The predicted octanol–water partition coefficient (Wildman–Crippen LogP) is 5.47. The zero-order valence-corrected chi connectivity index (χ0v) is 19.2. The van der Waals surface area contributed by atoms with Gasteiger partial charge in [0, 0.05) is 18.2 Å². The zero-order chi connectivity index (χ0) is 21.1. The van der Waals surface area contributed by atoms with E-state index in [0.29, 0.717) is 34.8 Å². The van der Waals surface area contributed by atoms with E-state index in [1.54, 1.807) is 6.20 Å². The number of carbonyl (C=O) groups excluding carboxylic acids is 2. The van der Waals surface area contributed by atoms with E-state index in [-0.39, 0.29) is 11.3 Å². The van der Waals surface area contributed by atoms with Crippen LogP contribution < -0.4 is 5.32 Å². The number of rotatable bonds is 7. The van der Waals surface area contributed by atoms with Crippen LogP contribution in [-0.2, 0) is 9.59 Å². The molecule has 164 valence electrons. The van der Waals surface area contributed by atoms with Crippen LogP contribution in [0.15, 0.2) is 29.4 Å². The summed E-state index contributed by atoms with van der Waals surface area (Å²) >= 11 is 1.34. The van der Waals surface area contributed by atoms with Crippen LogP contribution in [0.2, 0.25) is 0 Å². The number of aromatic nitrogens is 1. The first kappa shape index (κ1) is 21.9. The number of hydrogen-bond acceptors (Lipinski definition) is 4. The van der Waals surface area contributed by atoms with Crippen LogP contribution in [0, 0.1) is 35.0 Å². The third-order valence-electron chi connectivity index (χ3n) is 8.67. The Bertz CT molecular complexity index is 742. The molecule has 0 spiro atoms. The normalized spacial score (nSPS) is 37.8. The Hall–Kier alpha value is -1.36. The third kappa shape index (κ3) is 4.06. The zero-order valence-electron chi connectivity index (χ0n) is 18.4. The molecule has 1 heterocycles. The Balaban J connectivity index is 1.50. The molecule has 0 radical (unpaired) electrons. The van der Waals surface area contributed by atoms with Crippen LogP contribution in [0.25, 0.3) is 0 Å². The fraction of sp³-hybridized carbons (Fsp3) is 0.720. The van der Waals surface area contributed by atoms with Gasteiger partial charge < -0.3 is 5.32 Å². The molecule has 30 heavy (non-hydrogen) atoms. The first-order valence-electron chi connectivity index (χ1n) is 11.9. The van der Waals surface area contributed by atoms with Crippen LogP contribution in [0.5, 0.6) is 0 Å². The van der Waals surface area contributed by atoms with E-state index in [1.165, 1.54) is 50.3 Å². The summed E-state index contributed by atoms with van der Waals surface area (Å²) in [7, 11) is 0. The standard InChI is InChI=1S/C25H36N2O2S/c1-3-4-7-19-17-13-14-25(2)20(18(17)9-12-22(19)27-16-28)10-11-21(25)24(29)30-23-8-5-6-15-26-23/h5-6,8,15-22H,3-4,7,9-14H2,1-2H3,(H,27,28). The minimum atomic E-state index is 0.125. The van der Waals surface area contributed by atoms with E-state index in [9.17, 15) is 9.59 Å². The van der Waals surface area contributed by atoms with E-state index in [0.717, 1.165) is 30.7 Å². The van der Waals surface area contributed by atoms with Gasteiger partial charge in [0.1, 0.15) is 5.03 Å². The van der Waals surface area contributed by atoms with E-state index in [4.69, 9.17) is 0 Å². The maximum absolute atomic E-state index is 13.3. The molecule has 1 amide bonds. The van der Waals surface area contributed by atoms with Gasteiger partial charge in [-0.25, -0.2) is 4.98 Å². The van der Waals surface area contributed by atoms with Gasteiger partial charge in [-0.15, -0.1) is 0 Å². The van der Waals surface area contributed by atoms with Gasteiger partial charge in [-0.05, 0) is 97.9 Å².